The molecule has 0 unspecified atom stereocenters. The maximum atomic E-state index is 12.8. The molecule has 2 rings (SSSR count). The summed E-state index contributed by atoms with van der Waals surface area (Å²) in [6.45, 7) is 0. The van der Waals surface area contributed by atoms with Crippen molar-refractivity contribution in [3.05, 3.63) is 51.5 Å². The molecule has 0 radical (unpaired) electrons. The van der Waals surface area contributed by atoms with Crippen LogP contribution in [-0.4, -0.2) is 15.9 Å². The van der Waals surface area contributed by atoms with Gasteiger partial charge in [-0.3, -0.25) is 4.79 Å². The van der Waals surface area contributed by atoms with Crippen molar-refractivity contribution in [2.75, 3.05) is 5.32 Å². The maximum absolute atomic E-state index is 12.8. The predicted octanol–water partition coefficient (Wildman–Crippen LogP) is 4.16. The highest BCUT2D eigenvalue weighted by molar-refractivity contribution is 9.10. The Balaban J connectivity index is 2.24. The van der Waals surface area contributed by atoms with Crippen molar-refractivity contribution < 1.29 is 18.0 Å². The molecule has 1 amide bonds. The molecule has 1 heterocycles. The number of nitrogens with zero attached hydrogens (tertiary/aromatic N) is 2. The zero-order valence-electron chi connectivity index (χ0n) is 10.1. The van der Waals surface area contributed by atoms with Crippen LogP contribution >= 0.6 is 27.5 Å². The second kappa shape index (κ2) is 5.98. The van der Waals surface area contributed by atoms with Gasteiger partial charge in [0.1, 0.15) is 10.8 Å². The van der Waals surface area contributed by atoms with E-state index in [4.69, 9.17) is 11.6 Å². The minimum Gasteiger partial charge on any atom is -0.321 e. The third-order valence-corrected chi connectivity index (χ3v) is 3.27. The summed E-state index contributed by atoms with van der Waals surface area (Å²) in [6, 6.07) is 3.36. The first-order valence-corrected chi connectivity index (χ1v) is 6.60. The fourth-order valence-corrected chi connectivity index (χ4v) is 2.01. The van der Waals surface area contributed by atoms with Crippen molar-refractivity contribution in [3.63, 3.8) is 0 Å². The number of carbonyl (C=O) groups excluding carboxylic acids is 1. The van der Waals surface area contributed by atoms with Crippen molar-refractivity contribution in [3.8, 4) is 0 Å². The van der Waals surface area contributed by atoms with E-state index in [0.717, 1.165) is 12.3 Å². The highest BCUT2D eigenvalue weighted by Crippen LogP contribution is 2.36. The smallest absolute Gasteiger partial charge is 0.321 e. The van der Waals surface area contributed by atoms with Crippen molar-refractivity contribution in [1.29, 1.82) is 0 Å². The Bertz CT molecular complexity index is 676. The van der Waals surface area contributed by atoms with E-state index in [-0.39, 0.29) is 21.0 Å². The maximum Gasteiger partial charge on any atom is 0.417 e. The van der Waals surface area contributed by atoms with Crippen LogP contribution < -0.4 is 5.32 Å². The zero-order chi connectivity index (χ0) is 15.6. The van der Waals surface area contributed by atoms with Crippen LogP contribution in [-0.2, 0) is 6.18 Å². The number of anilines is 1. The number of alkyl halides is 3. The molecule has 1 aromatic heterocycles. The van der Waals surface area contributed by atoms with Crippen LogP contribution in [0.1, 0.15) is 16.1 Å². The normalized spacial score (nSPS) is 11.3. The van der Waals surface area contributed by atoms with Crippen LogP contribution in [0.25, 0.3) is 0 Å². The molecule has 4 nitrogen and oxygen atoms in total. The molecule has 0 bridgehead atoms. The standard InChI is InChI=1S/C12H6BrClF3N3O/c13-8-2-1-6(3-7(8)12(15,16)17)20-11(21)9-4-19-10(14)5-18-9/h1-5H,(H,20,21). The Morgan fingerprint density at radius 1 is 1.24 bits per heavy atom. The van der Waals surface area contributed by atoms with E-state index < -0.39 is 17.6 Å². The molecule has 0 aliphatic rings. The number of hydrogen-bond donors (Lipinski definition) is 1. The van der Waals surface area contributed by atoms with Crippen LogP contribution in [0.15, 0.2) is 35.1 Å². The Morgan fingerprint density at radius 3 is 2.52 bits per heavy atom. The van der Waals surface area contributed by atoms with Gasteiger partial charge in [-0.2, -0.15) is 13.2 Å². The molecular weight excluding hydrogens is 375 g/mol. The summed E-state index contributed by atoms with van der Waals surface area (Å²) in [5.74, 6) is -0.686. The van der Waals surface area contributed by atoms with Gasteiger partial charge in [-0.1, -0.05) is 27.5 Å². The summed E-state index contributed by atoms with van der Waals surface area (Å²) in [7, 11) is 0. The Morgan fingerprint density at radius 2 is 1.95 bits per heavy atom. The van der Waals surface area contributed by atoms with Crippen molar-refractivity contribution >= 4 is 39.1 Å². The van der Waals surface area contributed by atoms with E-state index in [0.29, 0.717) is 0 Å². The second-order valence-corrected chi connectivity index (χ2v) is 5.11. The quantitative estimate of drug-likeness (QED) is 0.851. The summed E-state index contributed by atoms with van der Waals surface area (Å²) in [5, 5.41) is 2.42. The van der Waals surface area contributed by atoms with Gasteiger partial charge in [0.25, 0.3) is 5.91 Å². The third kappa shape index (κ3) is 3.92. The van der Waals surface area contributed by atoms with Gasteiger partial charge in [-0.15, -0.1) is 0 Å². The summed E-state index contributed by atoms with van der Waals surface area (Å²) in [6.07, 6.45) is -2.24. The van der Waals surface area contributed by atoms with Crippen LogP contribution in [0.3, 0.4) is 0 Å². The highest BCUT2D eigenvalue weighted by Gasteiger charge is 2.33. The molecule has 0 aliphatic carbocycles. The van der Waals surface area contributed by atoms with Crippen molar-refractivity contribution in [2.45, 2.75) is 6.18 Å². The molecule has 0 fully saturated rings. The van der Waals surface area contributed by atoms with Gasteiger partial charge in [-0.25, -0.2) is 9.97 Å². The monoisotopic (exact) mass is 379 g/mol. The van der Waals surface area contributed by atoms with Gasteiger partial charge in [0.2, 0.25) is 0 Å². The van der Waals surface area contributed by atoms with E-state index in [1.54, 1.807) is 0 Å². The van der Waals surface area contributed by atoms with Crippen LogP contribution in [0.2, 0.25) is 5.15 Å². The molecule has 0 aliphatic heterocycles. The molecule has 2 aromatic rings. The number of nitrogens with one attached hydrogen (secondary N) is 1. The van der Waals surface area contributed by atoms with Crippen LogP contribution in [0.4, 0.5) is 18.9 Å². The first kappa shape index (κ1) is 15.7. The van der Waals surface area contributed by atoms with Gasteiger partial charge in [-0.05, 0) is 18.2 Å². The van der Waals surface area contributed by atoms with Gasteiger partial charge in [0.15, 0.2) is 0 Å². The fraction of sp³-hybridized carbons (Fsp3) is 0.0833. The van der Waals surface area contributed by atoms with Crippen LogP contribution in [0.5, 0.6) is 0 Å². The van der Waals surface area contributed by atoms with E-state index >= 15 is 0 Å². The van der Waals surface area contributed by atoms with Crippen LogP contribution in [0, 0.1) is 0 Å². The number of aromatic nitrogens is 2. The third-order valence-electron chi connectivity index (χ3n) is 2.38. The lowest BCUT2D eigenvalue weighted by Gasteiger charge is -2.11. The molecule has 110 valence electrons. The summed E-state index contributed by atoms with van der Waals surface area (Å²) >= 11 is 8.35. The van der Waals surface area contributed by atoms with Gasteiger partial charge >= 0.3 is 6.18 Å². The number of rotatable bonds is 2. The van der Waals surface area contributed by atoms with Gasteiger partial charge in [0.05, 0.1) is 18.0 Å². The largest absolute Gasteiger partial charge is 0.417 e. The number of hydrogen-bond acceptors (Lipinski definition) is 3. The molecule has 9 heteroatoms. The lowest BCUT2D eigenvalue weighted by Crippen LogP contribution is -2.15. The Hall–Kier alpha value is -1.67. The number of amides is 1. The number of carbonyl (C=O) groups is 1. The van der Waals surface area contributed by atoms with Gasteiger partial charge < -0.3 is 5.32 Å². The average molecular weight is 381 g/mol. The van der Waals surface area contributed by atoms with E-state index in [1.807, 2.05) is 0 Å². The number of halogens is 5. The fourth-order valence-electron chi connectivity index (χ4n) is 1.44. The topological polar surface area (TPSA) is 54.9 Å². The summed E-state index contributed by atoms with van der Waals surface area (Å²) in [5.41, 5.74) is -0.953. The van der Waals surface area contributed by atoms with E-state index in [2.05, 4.69) is 31.2 Å². The Labute approximate surface area is 130 Å². The Kier molecular flexibility index (Phi) is 4.48. The highest BCUT2D eigenvalue weighted by atomic mass is 79.9. The second-order valence-electron chi connectivity index (χ2n) is 3.87. The predicted molar refractivity (Wildman–Crippen MR) is 74.1 cm³/mol. The minimum atomic E-state index is -4.53. The molecule has 0 saturated carbocycles. The molecule has 1 aromatic carbocycles. The minimum absolute atomic E-state index is 0.00715. The molecule has 0 atom stereocenters. The van der Waals surface area contributed by atoms with Crippen molar-refractivity contribution in [1.82, 2.24) is 9.97 Å². The SMILES string of the molecule is O=C(Nc1ccc(Br)c(C(F)(F)F)c1)c1cnc(Cl)cn1. The number of benzene rings is 1. The lowest BCUT2D eigenvalue weighted by atomic mass is 10.2. The average Bonchev–Trinajstić information content (AvgIpc) is 2.40. The molecule has 1 N–H and O–H groups in total. The zero-order valence-corrected chi connectivity index (χ0v) is 12.4. The molecule has 0 spiro atoms. The molecular formula is C12H6BrClF3N3O. The van der Waals surface area contributed by atoms with E-state index in [1.165, 1.54) is 18.3 Å². The molecule has 21 heavy (non-hydrogen) atoms. The lowest BCUT2D eigenvalue weighted by molar-refractivity contribution is -0.138. The van der Waals surface area contributed by atoms with E-state index in [9.17, 15) is 18.0 Å². The first-order chi connectivity index (χ1) is 9.77. The van der Waals surface area contributed by atoms with Gasteiger partial charge in [0, 0.05) is 10.2 Å². The van der Waals surface area contributed by atoms with Crippen molar-refractivity contribution in [2.24, 2.45) is 0 Å². The summed E-state index contributed by atoms with van der Waals surface area (Å²) < 4.78 is 38.1. The summed E-state index contributed by atoms with van der Waals surface area (Å²) in [4.78, 5) is 19.2. The molecule has 0 saturated heterocycles. The first-order valence-electron chi connectivity index (χ1n) is 5.43.